The number of hydrogen-bond acceptors (Lipinski definition) is 4. The third kappa shape index (κ3) is 3.25. The molecule has 3 heterocycles. The SMILES string of the molecule is CC1CCN(C(=O)c2cccc(F)c2)CC1N(C)c1ncnc2[nH]ccc12. The van der Waals surface area contributed by atoms with Crippen molar-refractivity contribution in [2.75, 3.05) is 25.0 Å². The van der Waals surface area contributed by atoms with Crippen LogP contribution in [-0.2, 0) is 0 Å². The number of nitrogens with zero attached hydrogens (tertiary/aromatic N) is 4. The number of anilines is 1. The minimum absolute atomic E-state index is 0.115. The van der Waals surface area contributed by atoms with E-state index in [2.05, 4.69) is 26.8 Å². The van der Waals surface area contributed by atoms with Crippen LogP contribution in [0.15, 0.2) is 42.9 Å². The van der Waals surface area contributed by atoms with E-state index in [1.54, 1.807) is 18.5 Å². The highest BCUT2D eigenvalue weighted by atomic mass is 19.1. The van der Waals surface area contributed by atoms with Gasteiger partial charge in [-0.25, -0.2) is 14.4 Å². The van der Waals surface area contributed by atoms with Gasteiger partial charge in [-0.1, -0.05) is 13.0 Å². The molecule has 0 spiro atoms. The van der Waals surface area contributed by atoms with Crippen LogP contribution >= 0.6 is 0 Å². The summed E-state index contributed by atoms with van der Waals surface area (Å²) >= 11 is 0. The maximum absolute atomic E-state index is 13.5. The van der Waals surface area contributed by atoms with Gasteiger partial charge in [0.05, 0.1) is 11.4 Å². The molecular formula is C20H22FN5O. The second-order valence-corrected chi connectivity index (χ2v) is 7.14. The molecule has 1 aromatic carbocycles. The van der Waals surface area contributed by atoms with Gasteiger partial charge in [-0.05, 0) is 36.6 Å². The van der Waals surface area contributed by atoms with Crippen molar-refractivity contribution in [2.45, 2.75) is 19.4 Å². The van der Waals surface area contributed by atoms with E-state index in [1.165, 1.54) is 12.1 Å². The number of carbonyl (C=O) groups is 1. The van der Waals surface area contributed by atoms with Crippen molar-refractivity contribution in [3.8, 4) is 0 Å². The van der Waals surface area contributed by atoms with Gasteiger partial charge in [-0.2, -0.15) is 0 Å². The van der Waals surface area contributed by atoms with Crippen LogP contribution in [0.3, 0.4) is 0 Å². The van der Waals surface area contributed by atoms with Gasteiger partial charge < -0.3 is 14.8 Å². The van der Waals surface area contributed by atoms with Gasteiger partial charge in [-0.15, -0.1) is 0 Å². The van der Waals surface area contributed by atoms with E-state index >= 15 is 0 Å². The third-order valence-electron chi connectivity index (χ3n) is 5.44. The van der Waals surface area contributed by atoms with Gasteiger partial charge in [0, 0.05) is 31.9 Å². The van der Waals surface area contributed by atoms with Crippen molar-refractivity contribution in [3.63, 3.8) is 0 Å². The number of carbonyl (C=O) groups excluding carboxylic acids is 1. The molecule has 1 saturated heterocycles. The van der Waals surface area contributed by atoms with E-state index in [0.717, 1.165) is 23.3 Å². The average molecular weight is 367 g/mol. The highest BCUT2D eigenvalue weighted by molar-refractivity contribution is 5.94. The fourth-order valence-corrected chi connectivity index (χ4v) is 3.84. The number of aromatic nitrogens is 3. The van der Waals surface area contributed by atoms with Crippen LogP contribution in [0.25, 0.3) is 11.0 Å². The number of likely N-dealkylation sites (N-methyl/N-ethyl adjacent to an activating group) is 1. The Kier molecular flexibility index (Phi) is 4.51. The number of amides is 1. The minimum Gasteiger partial charge on any atom is -0.354 e. The number of aromatic amines is 1. The first-order chi connectivity index (χ1) is 13.0. The molecule has 27 heavy (non-hydrogen) atoms. The largest absolute Gasteiger partial charge is 0.354 e. The Bertz CT molecular complexity index is 972. The lowest BCUT2D eigenvalue weighted by molar-refractivity contribution is 0.0669. The summed E-state index contributed by atoms with van der Waals surface area (Å²) in [6, 6.07) is 7.96. The first-order valence-electron chi connectivity index (χ1n) is 9.10. The molecule has 4 rings (SSSR count). The first-order valence-corrected chi connectivity index (χ1v) is 9.10. The number of halogens is 1. The highest BCUT2D eigenvalue weighted by Crippen LogP contribution is 2.29. The van der Waals surface area contributed by atoms with Crippen LogP contribution in [0.2, 0.25) is 0 Å². The average Bonchev–Trinajstić information content (AvgIpc) is 3.16. The maximum Gasteiger partial charge on any atom is 0.254 e. The van der Waals surface area contributed by atoms with Gasteiger partial charge in [-0.3, -0.25) is 4.79 Å². The number of benzene rings is 1. The molecule has 2 atom stereocenters. The zero-order chi connectivity index (χ0) is 19.0. The topological polar surface area (TPSA) is 65.1 Å². The lowest BCUT2D eigenvalue weighted by Crippen LogP contribution is -2.52. The summed E-state index contributed by atoms with van der Waals surface area (Å²) in [4.78, 5) is 28.6. The number of hydrogen-bond donors (Lipinski definition) is 1. The summed E-state index contributed by atoms with van der Waals surface area (Å²) in [5, 5.41) is 0.959. The normalized spacial score (nSPS) is 20.0. The molecule has 0 radical (unpaired) electrons. The lowest BCUT2D eigenvalue weighted by Gasteiger charge is -2.42. The Balaban J connectivity index is 1.59. The Morgan fingerprint density at radius 2 is 2.19 bits per heavy atom. The summed E-state index contributed by atoms with van der Waals surface area (Å²) in [6.07, 6.45) is 4.28. The molecule has 2 unspecified atom stereocenters. The molecule has 1 N–H and O–H groups in total. The van der Waals surface area contributed by atoms with Crippen molar-refractivity contribution in [3.05, 3.63) is 54.2 Å². The Morgan fingerprint density at radius 3 is 3.00 bits per heavy atom. The fraction of sp³-hybridized carbons (Fsp3) is 0.350. The smallest absolute Gasteiger partial charge is 0.254 e. The molecule has 0 aliphatic carbocycles. The number of fused-ring (bicyclic) bond motifs is 1. The summed E-state index contributed by atoms with van der Waals surface area (Å²) in [5.74, 6) is 0.721. The molecule has 1 fully saturated rings. The predicted molar refractivity (Wildman–Crippen MR) is 102 cm³/mol. The summed E-state index contributed by atoms with van der Waals surface area (Å²) in [5.41, 5.74) is 1.18. The zero-order valence-corrected chi connectivity index (χ0v) is 15.4. The van der Waals surface area contributed by atoms with Crippen molar-refractivity contribution in [2.24, 2.45) is 5.92 Å². The van der Waals surface area contributed by atoms with E-state index in [9.17, 15) is 9.18 Å². The number of rotatable bonds is 3. The van der Waals surface area contributed by atoms with Crippen LogP contribution in [-0.4, -0.2) is 51.9 Å². The van der Waals surface area contributed by atoms with Gasteiger partial charge in [0.15, 0.2) is 0 Å². The zero-order valence-electron chi connectivity index (χ0n) is 15.4. The van der Waals surface area contributed by atoms with Gasteiger partial charge in [0.2, 0.25) is 0 Å². The molecule has 3 aromatic rings. The minimum atomic E-state index is -0.393. The molecule has 1 amide bonds. The van der Waals surface area contributed by atoms with Crippen molar-refractivity contribution in [1.29, 1.82) is 0 Å². The van der Waals surface area contributed by atoms with Crippen LogP contribution in [0, 0.1) is 11.7 Å². The molecule has 6 nitrogen and oxygen atoms in total. The van der Waals surface area contributed by atoms with E-state index in [0.29, 0.717) is 24.6 Å². The van der Waals surface area contributed by atoms with Crippen LogP contribution in [0.1, 0.15) is 23.7 Å². The molecule has 2 aromatic heterocycles. The molecule has 0 saturated carbocycles. The van der Waals surface area contributed by atoms with Crippen LogP contribution < -0.4 is 4.90 Å². The monoisotopic (exact) mass is 367 g/mol. The molecule has 1 aliphatic rings. The van der Waals surface area contributed by atoms with E-state index < -0.39 is 5.82 Å². The van der Waals surface area contributed by atoms with Crippen molar-refractivity contribution in [1.82, 2.24) is 19.9 Å². The van der Waals surface area contributed by atoms with Crippen molar-refractivity contribution < 1.29 is 9.18 Å². The lowest BCUT2D eigenvalue weighted by atomic mass is 9.91. The molecule has 140 valence electrons. The Hall–Kier alpha value is -2.96. The van der Waals surface area contributed by atoms with Crippen molar-refractivity contribution >= 4 is 22.8 Å². The number of H-pyrrole nitrogens is 1. The predicted octanol–water partition coefficient (Wildman–Crippen LogP) is 3.08. The second-order valence-electron chi connectivity index (χ2n) is 7.14. The molecule has 1 aliphatic heterocycles. The summed E-state index contributed by atoms with van der Waals surface area (Å²) in [7, 11) is 2.01. The van der Waals surface area contributed by atoms with Gasteiger partial charge in [0.25, 0.3) is 5.91 Å². The van der Waals surface area contributed by atoms with E-state index in [1.807, 2.05) is 24.2 Å². The second kappa shape index (κ2) is 6.98. The quantitative estimate of drug-likeness (QED) is 0.773. The Morgan fingerprint density at radius 1 is 1.33 bits per heavy atom. The molecule has 0 bridgehead atoms. The highest BCUT2D eigenvalue weighted by Gasteiger charge is 2.33. The fourth-order valence-electron chi connectivity index (χ4n) is 3.84. The first kappa shape index (κ1) is 17.5. The number of likely N-dealkylation sites (tertiary alicyclic amines) is 1. The summed E-state index contributed by atoms with van der Waals surface area (Å²) < 4.78 is 13.5. The Labute approximate surface area is 157 Å². The summed E-state index contributed by atoms with van der Waals surface area (Å²) in [6.45, 7) is 3.44. The van der Waals surface area contributed by atoms with E-state index in [-0.39, 0.29) is 11.9 Å². The number of piperidine rings is 1. The van der Waals surface area contributed by atoms with E-state index in [4.69, 9.17) is 0 Å². The van der Waals surface area contributed by atoms with Gasteiger partial charge in [0.1, 0.15) is 23.6 Å². The van der Waals surface area contributed by atoms with Crippen LogP contribution in [0.4, 0.5) is 10.2 Å². The third-order valence-corrected chi connectivity index (χ3v) is 5.44. The standard InChI is InChI=1S/C20H22FN5O/c1-13-7-9-26(20(27)14-4-3-5-15(21)10-14)11-17(13)25(2)19-16-6-8-22-18(16)23-12-24-19/h3-6,8,10,12-13,17H,7,9,11H2,1-2H3,(H,22,23,24). The van der Waals surface area contributed by atoms with Crippen LogP contribution in [0.5, 0.6) is 0 Å². The molecular weight excluding hydrogens is 345 g/mol. The molecule has 7 heteroatoms. The number of nitrogens with one attached hydrogen (secondary N) is 1. The maximum atomic E-state index is 13.5. The van der Waals surface area contributed by atoms with Gasteiger partial charge >= 0.3 is 0 Å².